The van der Waals surface area contributed by atoms with Crippen molar-refractivity contribution in [1.82, 2.24) is 0 Å². The van der Waals surface area contributed by atoms with E-state index >= 15 is 0 Å². The molecule has 0 unspecified atom stereocenters. The summed E-state index contributed by atoms with van der Waals surface area (Å²) in [5.41, 5.74) is 0. The van der Waals surface area contributed by atoms with E-state index < -0.39 is 0 Å². The molecule has 0 spiro atoms. The van der Waals surface area contributed by atoms with Crippen LogP contribution in [0.1, 0.15) is 58.8 Å². The summed E-state index contributed by atoms with van der Waals surface area (Å²) in [6, 6.07) is 0. The molecule has 0 atom stereocenters. The lowest BCUT2D eigenvalue weighted by Crippen LogP contribution is -2.01. The van der Waals surface area contributed by atoms with Gasteiger partial charge in [-0.15, -0.1) is 0 Å². The van der Waals surface area contributed by atoms with Gasteiger partial charge in [0.25, 0.3) is 0 Å². The van der Waals surface area contributed by atoms with Gasteiger partial charge >= 0.3 is 5.97 Å². The average Bonchev–Trinajstić information content (AvgIpc) is 2.31. The molecule has 0 aromatic rings. The Hall–Kier alpha value is -0.180. The maximum atomic E-state index is 10.5. The van der Waals surface area contributed by atoms with Crippen LogP contribution in [0.2, 0.25) is 0 Å². The van der Waals surface area contributed by atoms with Crippen molar-refractivity contribution in [2.75, 3.05) is 18.6 Å². The maximum absolute atomic E-state index is 10.5. The highest BCUT2D eigenvalue weighted by Crippen LogP contribution is 2.22. The molecule has 0 aromatic carbocycles. The zero-order valence-corrected chi connectivity index (χ0v) is 12.4. The first kappa shape index (κ1) is 16.8. The van der Waals surface area contributed by atoms with Crippen molar-refractivity contribution in [1.29, 1.82) is 0 Å². The molecule has 0 N–H and O–H groups in total. The second-order valence-electron chi connectivity index (χ2n) is 4.35. The molecule has 17 heavy (non-hydrogen) atoms. The van der Waals surface area contributed by atoms with E-state index in [9.17, 15) is 4.79 Å². The van der Waals surface area contributed by atoms with Gasteiger partial charge in [0.1, 0.15) is 0 Å². The Morgan fingerprint density at radius 1 is 1.12 bits per heavy atom. The summed E-state index contributed by atoms with van der Waals surface area (Å²) in [7, 11) is 0. The molecule has 0 saturated heterocycles. The van der Waals surface area contributed by atoms with Gasteiger partial charge in [0.15, 0.2) is 0 Å². The van der Waals surface area contributed by atoms with Crippen LogP contribution in [0.25, 0.3) is 0 Å². The van der Waals surface area contributed by atoms with Gasteiger partial charge in [-0.2, -0.15) is 11.8 Å². The van der Waals surface area contributed by atoms with Crippen LogP contribution in [0.3, 0.4) is 0 Å². The number of carbonyl (C=O) groups is 1. The van der Waals surface area contributed by atoms with Crippen molar-refractivity contribution in [3.05, 3.63) is 5.92 Å². The lowest BCUT2D eigenvalue weighted by molar-refractivity contribution is -0.141. The molecule has 0 aliphatic rings. The zero-order chi connectivity index (χ0) is 12.9. The highest BCUT2D eigenvalue weighted by atomic mass is 32.2. The van der Waals surface area contributed by atoms with Crippen molar-refractivity contribution >= 4 is 17.7 Å². The third kappa shape index (κ3) is 12.1. The summed E-state index contributed by atoms with van der Waals surface area (Å²) >= 11 is 1.93. The topological polar surface area (TPSA) is 26.3 Å². The summed E-state index contributed by atoms with van der Waals surface area (Å²) in [6.07, 6.45) is 10.7. The normalized spacial score (nSPS) is 10.8. The minimum absolute atomic E-state index is 0.164. The van der Waals surface area contributed by atoms with Gasteiger partial charge in [-0.1, -0.05) is 19.8 Å². The molecule has 2 nitrogen and oxygen atoms in total. The van der Waals surface area contributed by atoms with E-state index in [0.717, 1.165) is 6.42 Å². The van der Waals surface area contributed by atoms with Gasteiger partial charge in [-0.25, -0.2) is 0 Å². The smallest absolute Gasteiger partial charge is 0.302 e. The minimum atomic E-state index is -0.164. The molecule has 0 aromatic heterocycles. The number of ether oxygens (including phenoxy) is 1. The van der Waals surface area contributed by atoms with Gasteiger partial charge < -0.3 is 4.74 Å². The van der Waals surface area contributed by atoms with E-state index in [1.807, 2.05) is 11.8 Å². The lowest BCUT2D eigenvalue weighted by Gasteiger charge is -2.13. The van der Waals surface area contributed by atoms with Crippen LogP contribution in [-0.4, -0.2) is 24.6 Å². The summed E-state index contributed by atoms with van der Waals surface area (Å²) in [4.78, 5) is 10.5. The van der Waals surface area contributed by atoms with Gasteiger partial charge in [0.2, 0.25) is 0 Å². The fourth-order valence-electron chi connectivity index (χ4n) is 1.81. The third-order valence-corrected chi connectivity index (χ3v) is 3.56. The van der Waals surface area contributed by atoms with Crippen LogP contribution < -0.4 is 0 Å². The Bertz CT molecular complexity index is 183. The summed E-state index contributed by atoms with van der Waals surface area (Å²) in [6.45, 7) is 4.31. The van der Waals surface area contributed by atoms with Crippen LogP contribution in [0, 0.1) is 5.92 Å². The van der Waals surface area contributed by atoms with Crippen LogP contribution in [0.5, 0.6) is 0 Å². The van der Waals surface area contributed by atoms with E-state index in [2.05, 4.69) is 13.2 Å². The van der Waals surface area contributed by atoms with Gasteiger partial charge in [0.05, 0.1) is 6.61 Å². The van der Waals surface area contributed by atoms with Crippen LogP contribution >= 0.6 is 11.8 Å². The summed E-state index contributed by atoms with van der Waals surface area (Å²) in [5.74, 6) is 2.81. The van der Waals surface area contributed by atoms with Gasteiger partial charge in [0, 0.05) is 6.92 Å². The predicted octanol–water partition coefficient (Wildman–Crippen LogP) is 4.24. The molecule has 101 valence electrons. The standard InChI is InChI=1S/C14H27O2S/c1-4-14(10-8-12-17-3)9-6-5-7-11-16-13(2)15/h4-12H2,1-3H3. The number of hydrogen-bond acceptors (Lipinski definition) is 3. The minimum Gasteiger partial charge on any atom is -0.466 e. The van der Waals surface area contributed by atoms with E-state index in [1.165, 1.54) is 51.2 Å². The maximum Gasteiger partial charge on any atom is 0.302 e. The van der Waals surface area contributed by atoms with E-state index in [4.69, 9.17) is 4.74 Å². The van der Waals surface area contributed by atoms with Crippen molar-refractivity contribution in [3.63, 3.8) is 0 Å². The van der Waals surface area contributed by atoms with Crippen LogP contribution in [0.15, 0.2) is 0 Å². The number of rotatable bonds is 11. The fourth-order valence-corrected chi connectivity index (χ4v) is 2.25. The molecule has 0 rings (SSSR count). The van der Waals surface area contributed by atoms with E-state index in [-0.39, 0.29) is 5.97 Å². The van der Waals surface area contributed by atoms with Gasteiger partial charge in [-0.3, -0.25) is 4.79 Å². The Kier molecular flexibility index (Phi) is 12.2. The molecule has 0 saturated carbocycles. The van der Waals surface area contributed by atoms with Crippen LogP contribution in [-0.2, 0) is 9.53 Å². The third-order valence-electron chi connectivity index (χ3n) is 2.86. The zero-order valence-electron chi connectivity index (χ0n) is 11.6. The van der Waals surface area contributed by atoms with E-state index in [0.29, 0.717) is 6.61 Å². The molecular formula is C14H27O2S. The van der Waals surface area contributed by atoms with E-state index in [1.54, 1.807) is 5.92 Å². The number of unbranched alkanes of at least 4 members (excludes halogenated alkanes) is 2. The molecule has 0 amide bonds. The molecular weight excluding hydrogens is 232 g/mol. The second-order valence-corrected chi connectivity index (χ2v) is 5.34. The quantitative estimate of drug-likeness (QED) is 0.410. The van der Waals surface area contributed by atoms with Crippen molar-refractivity contribution in [3.8, 4) is 0 Å². The van der Waals surface area contributed by atoms with Crippen molar-refractivity contribution < 1.29 is 9.53 Å². The number of thioether (sulfide) groups is 1. The molecule has 0 aliphatic carbocycles. The molecule has 0 fully saturated rings. The first-order valence-corrected chi connectivity index (χ1v) is 8.06. The number of esters is 1. The Morgan fingerprint density at radius 3 is 2.41 bits per heavy atom. The van der Waals surface area contributed by atoms with Gasteiger partial charge in [-0.05, 0) is 50.0 Å². The summed E-state index contributed by atoms with van der Waals surface area (Å²) < 4.78 is 4.91. The molecule has 0 aliphatic heterocycles. The second kappa shape index (κ2) is 12.3. The average molecular weight is 259 g/mol. The van der Waals surface area contributed by atoms with Crippen LogP contribution in [0.4, 0.5) is 0 Å². The molecule has 0 bridgehead atoms. The fraction of sp³-hybridized carbons (Fsp3) is 0.857. The van der Waals surface area contributed by atoms with Crippen molar-refractivity contribution in [2.45, 2.75) is 58.8 Å². The highest BCUT2D eigenvalue weighted by Gasteiger charge is 2.06. The largest absolute Gasteiger partial charge is 0.466 e. The molecule has 3 heteroatoms. The lowest BCUT2D eigenvalue weighted by atomic mass is 9.94. The predicted molar refractivity (Wildman–Crippen MR) is 76.3 cm³/mol. The number of carbonyl (C=O) groups excluding carboxylic acids is 1. The Morgan fingerprint density at radius 2 is 1.82 bits per heavy atom. The SMILES string of the molecule is CC[C](CCCCCOC(C)=O)CCCSC. The Balaban J connectivity index is 3.33. The van der Waals surface area contributed by atoms with Crippen molar-refractivity contribution in [2.24, 2.45) is 0 Å². The molecule has 0 heterocycles. The number of hydrogen-bond donors (Lipinski definition) is 0. The Labute approximate surface area is 111 Å². The monoisotopic (exact) mass is 259 g/mol. The molecule has 1 radical (unpaired) electrons. The first-order chi connectivity index (χ1) is 8.20. The highest BCUT2D eigenvalue weighted by molar-refractivity contribution is 7.98. The summed E-state index contributed by atoms with van der Waals surface area (Å²) in [5, 5.41) is 0. The first-order valence-electron chi connectivity index (χ1n) is 6.66.